The van der Waals surface area contributed by atoms with E-state index in [9.17, 15) is 17.6 Å². The first-order chi connectivity index (χ1) is 9.40. The second kappa shape index (κ2) is 5.95. The van der Waals surface area contributed by atoms with Crippen LogP contribution < -0.4 is 0 Å². The van der Waals surface area contributed by atoms with Gasteiger partial charge in [-0.15, -0.1) is 0 Å². The average Bonchev–Trinajstić information content (AvgIpc) is 2.38. The van der Waals surface area contributed by atoms with Gasteiger partial charge in [0.25, 0.3) is 0 Å². The van der Waals surface area contributed by atoms with Gasteiger partial charge in [-0.05, 0) is 43.2 Å². The van der Waals surface area contributed by atoms with Gasteiger partial charge in [0.15, 0.2) is 0 Å². The predicted octanol–water partition coefficient (Wildman–Crippen LogP) is 5.23. The lowest BCUT2D eigenvalue weighted by Crippen LogP contribution is -2.04. The van der Waals surface area contributed by atoms with E-state index in [1.165, 1.54) is 13.0 Å². The van der Waals surface area contributed by atoms with Crippen molar-refractivity contribution in [1.82, 2.24) is 0 Å². The Morgan fingerprint density at radius 3 is 2.15 bits per heavy atom. The summed E-state index contributed by atoms with van der Waals surface area (Å²) in [4.78, 5) is -0.719. The number of benzene rings is 2. The largest absolute Gasteiger partial charge is 0.207 e. The third-order valence-electron chi connectivity index (χ3n) is 3.06. The van der Waals surface area contributed by atoms with E-state index in [0.717, 1.165) is 24.3 Å². The van der Waals surface area contributed by atoms with Gasteiger partial charge >= 0.3 is 0 Å². The molecule has 0 spiro atoms. The van der Waals surface area contributed by atoms with E-state index >= 15 is 0 Å². The van der Waals surface area contributed by atoms with Crippen LogP contribution in [0.15, 0.2) is 30.3 Å². The van der Waals surface area contributed by atoms with Gasteiger partial charge < -0.3 is 0 Å². The van der Waals surface area contributed by atoms with Crippen LogP contribution in [0.2, 0.25) is 0 Å². The van der Waals surface area contributed by atoms with E-state index < -0.39 is 28.1 Å². The van der Waals surface area contributed by atoms with Crippen LogP contribution in [0.4, 0.5) is 17.6 Å². The third kappa shape index (κ3) is 3.03. The van der Waals surface area contributed by atoms with E-state index in [-0.39, 0.29) is 23.1 Å². The van der Waals surface area contributed by atoms with Crippen LogP contribution in [-0.2, 0) is 6.42 Å². The van der Waals surface area contributed by atoms with Crippen LogP contribution in [0.3, 0.4) is 0 Å². The SMILES string of the molecule is Cc1cc(F)c(C(Br)Cc2c(F)cccc2F)cc1F. The van der Waals surface area contributed by atoms with E-state index in [2.05, 4.69) is 15.9 Å². The molecule has 5 heteroatoms. The molecule has 0 nitrogen and oxygen atoms in total. The Labute approximate surface area is 122 Å². The van der Waals surface area contributed by atoms with Gasteiger partial charge in [0.2, 0.25) is 0 Å². The monoisotopic (exact) mass is 346 g/mol. The normalized spacial score (nSPS) is 12.5. The van der Waals surface area contributed by atoms with Crippen LogP contribution in [0.1, 0.15) is 21.5 Å². The topological polar surface area (TPSA) is 0 Å². The molecule has 1 unspecified atom stereocenters. The molecule has 0 saturated heterocycles. The van der Waals surface area contributed by atoms with Crippen molar-refractivity contribution in [3.63, 3.8) is 0 Å². The molecule has 106 valence electrons. The van der Waals surface area contributed by atoms with Crippen LogP contribution in [-0.4, -0.2) is 0 Å². The second-order valence-electron chi connectivity index (χ2n) is 4.49. The maximum absolute atomic E-state index is 13.8. The van der Waals surface area contributed by atoms with Crippen molar-refractivity contribution in [2.24, 2.45) is 0 Å². The zero-order chi connectivity index (χ0) is 14.9. The highest BCUT2D eigenvalue weighted by Crippen LogP contribution is 2.32. The molecule has 1 atom stereocenters. The highest BCUT2D eigenvalue weighted by molar-refractivity contribution is 9.09. The third-order valence-corrected chi connectivity index (χ3v) is 3.88. The summed E-state index contributed by atoms with van der Waals surface area (Å²) in [6.45, 7) is 1.45. The number of aryl methyl sites for hydroxylation is 1. The summed E-state index contributed by atoms with van der Waals surface area (Å²) in [5.74, 6) is -2.58. The number of hydrogen-bond acceptors (Lipinski definition) is 0. The van der Waals surface area contributed by atoms with Crippen LogP contribution >= 0.6 is 15.9 Å². The summed E-state index contributed by atoms with van der Waals surface area (Å²) in [6, 6.07) is 5.62. The molecular weight excluding hydrogens is 336 g/mol. The minimum Gasteiger partial charge on any atom is -0.207 e. The molecule has 0 aliphatic carbocycles. The van der Waals surface area contributed by atoms with Gasteiger partial charge in [0.1, 0.15) is 23.3 Å². The Morgan fingerprint density at radius 1 is 0.950 bits per heavy atom. The van der Waals surface area contributed by atoms with Gasteiger partial charge in [0, 0.05) is 16.0 Å². The van der Waals surface area contributed by atoms with Gasteiger partial charge in [-0.2, -0.15) is 0 Å². The molecule has 2 rings (SSSR count). The molecule has 0 radical (unpaired) electrons. The molecular formula is C15H11BrF4. The fourth-order valence-corrected chi connectivity index (χ4v) is 2.59. The van der Waals surface area contributed by atoms with Crippen molar-refractivity contribution in [2.75, 3.05) is 0 Å². The Bertz CT molecular complexity index is 620. The number of rotatable bonds is 3. The van der Waals surface area contributed by atoms with Crippen molar-refractivity contribution in [1.29, 1.82) is 0 Å². The van der Waals surface area contributed by atoms with E-state index in [1.54, 1.807) is 0 Å². The molecule has 20 heavy (non-hydrogen) atoms. The Hall–Kier alpha value is -1.36. The van der Waals surface area contributed by atoms with E-state index in [1.807, 2.05) is 0 Å². The summed E-state index contributed by atoms with van der Waals surface area (Å²) < 4.78 is 54.4. The minimum absolute atomic E-state index is 0.0377. The van der Waals surface area contributed by atoms with Crippen LogP contribution in [0.5, 0.6) is 0 Å². The van der Waals surface area contributed by atoms with Crippen molar-refractivity contribution in [3.05, 3.63) is 70.3 Å². The standard InChI is InChI=1S/C15H11BrF4/c1-8-5-15(20)9(7-14(8)19)11(16)6-10-12(17)3-2-4-13(10)18/h2-5,7,11H,6H2,1H3. The molecule has 0 bridgehead atoms. The van der Waals surface area contributed by atoms with Crippen molar-refractivity contribution < 1.29 is 17.6 Å². The Morgan fingerprint density at radius 2 is 1.55 bits per heavy atom. The molecule has 0 heterocycles. The molecule has 0 aliphatic rings. The molecule has 0 aromatic heterocycles. The van der Waals surface area contributed by atoms with Gasteiger partial charge in [0.05, 0.1) is 0 Å². The fraction of sp³-hybridized carbons (Fsp3) is 0.200. The lowest BCUT2D eigenvalue weighted by Gasteiger charge is -2.13. The smallest absolute Gasteiger partial charge is 0.129 e. The highest BCUT2D eigenvalue weighted by atomic mass is 79.9. The first kappa shape index (κ1) is 15.0. The van der Waals surface area contributed by atoms with Crippen LogP contribution in [0, 0.1) is 30.2 Å². The quantitative estimate of drug-likeness (QED) is 0.527. The molecule has 0 aliphatic heterocycles. The van der Waals surface area contributed by atoms with Gasteiger partial charge in [-0.25, -0.2) is 17.6 Å². The molecule has 0 fully saturated rings. The molecule has 2 aromatic rings. The first-order valence-electron chi connectivity index (χ1n) is 5.92. The minimum atomic E-state index is -0.719. The van der Waals surface area contributed by atoms with Crippen molar-refractivity contribution in [2.45, 2.75) is 18.2 Å². The summed E-state index contributed by atoms with van der Waals surface area (Å²) in [5.41, 5.74) is 0.0635. The fourth-order valence-electron chi connectivity index (χ4n) is 1.92. The van der Waals surface area contributed by atoms with E-state index in [4.69, 9.17) is 0 Å². The summed E-state index contributed by atoms with van der Waals surface area (Å²) >= 11 is 3.16. The Kier molecular flexibility index (Phi) is 4.48. The molecule has 0 amide bonds. The predicted molar refractivity (Wildman–Crippen MR) is 72.8 cm³/mol. The summed E-state index contributed by atoms with van der Waals surface area (Å²) in [7, 11) is 0. The number of alkyl halides is 1. The van der Waals surface area contributed by atoms with Crippen molar-refractivity contribution in [3.8, 4) is 0 Å². The molecule has 0 N–H and O–H groups in total. The summed E-state index contributed by atoms with van der Waals surface area (Å²) in [5, 5.41) is 0. The maximum atomic E-state index is 13.8. The van der Waals surface area contributed by atoms with Crippen LogP contribution in [0.25, 0.3) is 0 Å². The lowest BCUT2D eigenvalue weighted by molar-refractivity contribution is 0.547. The maximum Gasteiger partial charge on any atom is 0.129 e. The molecule has 2 aromatic carbocycles. The average molecular weight is 347 g/mol. The zero-order valence-corrected chi connectivity index (χ0v) is 12.1. The lowest BCUT2D eigenvalue weighted by atomic mass is 10.0. The summed E-state index contributed by atoms with van der Waals surface area (Å²) in [6.07, 6.45) is -0.113. The number of hydrogen-bond donors (Lipinski definition) is 0. The zero-order valence-electron chi connectivity index (χ0n) is 10.6. The van der Waals surface area contributed by atoms with Gasteiger partial charge in [-0.1, -0.05) is 22.0 Å². The van der Waals surface area contributed by atoms with Crippen molar-refractivity contribution >= 4 is 15.9 Å². The van der Waals surface area contributed by atoms with E-state index in [0.29, 0.717) is 0 Å². The number of halogens is 5. The highest BCUT2D eigenvalue weighted by Gasteiger charge is 2.19. The molecule has 0 saturated carbocycles. The van der Waals surface area contributed by atoms with Gasteiger partial charge in [-0.3, -0.25) is 0 Å². The second-order valence-corrected chi connectivity index (χ2v) is 5.60. The first-order valence-corrected chi connectivity index (χ1v) is 6.84. The Balaban J connectivity index is 2.33.